The van der Waals surface area contributed by atoms with Gasteiger partial charge in [-0.25, -0.2) is 0 Å². The first-order valence-corrected chi connectivity index (χ1v) is 27.1. The molecule has 4 saturated heterocycles. The maximum atomic E-state index is 7.38. The minimum atomic E-state index is -1.83. The van der Waals surface area contributed by atoms with Gasteiger partial charge in [0.15, 0.2) is 0 Å². The molecule has 8 fully saturated rings. The van der Waals surface area contributed by atoms with E-state index in [-0.39, 0.29) is 71.9 Å². The first-order valence-electron chi connectivity index (χ1n) is 23.5. The van der Waals surface area contributed by atoms with Crippen molar-refractivity contribution in [1.29, 1.82) is 0 Å². The van der Waals surface area contributed by atoms with E-state index in [0.717, 1.165) is 52.6 Å². The second-order valence-corrected chi connectivity index (χ2v) is 24.2. The Hall–Kier alpha value is 2.90. The average Bonchev–Trinajstić information content (AvgIpc) is 4.08. The van der Waals surface area contributed by atoms with E-state index >= 15 is 0 Å². The fourth-order valence-electron chi connectivity index (χ4n) is 11.4. The number of hydrogen-bond donors (Lipinski definition) is 0. The molecular weight excluding hydrogens is 858 g/mol. The van der Waals surface area contributed by atoms with Crippen LogP contribution in [-0.2, 0) is 53.1 Å². The van der Waals surface area contributed by atoms with Gasteiger partial charge in [0.05, 0.1) is 65.5 Å². The van der Waals surface area contributed by atoms with E-state index in [1.807, 2.05) is 28.4 Å². The summed E-state index contributed by atoms with van der Waals surface area (Å²) < 4.78 is 32.8. The Bertz CT molecular complexity index is 934. The molecule has 2 unspecified atom stereocenters. The van der Waals surface area contributed by atoms with Crippen LogP contribution in [0.3, 0.4) is 0 Å². The molecule has 6 atom stereocenters. The quantitative estimate of drug-likeness (QED) is 0.149. The standard InChI is InChI=1S/2C17H32BN2O2P.2C5H10.2Fe.2Li/c2*1-21-13-15-7-5-11-19(15)23(18,17-9-3-4-10-17)20-12-6-8-16(20)14-22-2;2*1-2-4-5-3-1;;;;/h2*9,15-17H,3-8,10-14H2,1-2H3;2*1-5H2;;;;/q;;;;;;2*+1/t2*15-,16-,17?;;;;;;/m00....../s1. The van der Waals surface area contributed by atoms with Gasteiger partial charge in [-0.3, -0.25) is 12.8 Å². The summed E-state index contributed by atoms with van der Waals surface area (Å²) in [5.74, 6) is 0. The maximum absolute atomic E-state index is 7.38. The van der Waals surface area contributed by atoms with Gasteiger partial charge >= 0.3 is 52.9 Å². The molecule has 0 aromatic rings. The summed E-state index contributed by atoms with van der Waals surface area (Å²) in [6.45, 7) is 7.81. The predicted molar refractivity (Wildman–Crippen MR) is 242 cm³/mol. The predicted octanol–water partition coefficient (Wildman–Crippen LogP) is 3.70. The smallest absolute Gasteiger partial charge is 0.383 e. The van der Waals surface area contributed by atoms with Crippen LogP contribution in [0.2, 0.25) is 0 Å². The number of rotatable bonds is 14. The first kappa shape index (κ1) is 60.9. The Labute approximate surface area is 419 Å². The summed E-state index contributed by atoms with van der Waals surface area (Å²) in [6, 6.07) is 1.99. The van der Waals surface area contributed by atoms with Crippen LogP contribution in [-0.4, -0.2) is 150 Å². The van der Waals surface area contributed by atoms with Gasteiger partial charge in [-0.05, 0) is 75.5 Å². The van der Waals surface area contributed by atoms with Crippen molar-refractivity contribution in [2.75, 3.05) is 81.0 Å². The molecule has 4 aliphatic heterocycles. The zero-order valence-corrected chi connectivity index (χ0v) is 43.4. The molecule has 4 radical (unpaired) electrons. The molecule has 60 heavy (non-hydrogen) atoms. The Morgan fingerprint density at radius 1 is 0.400 bits per heavy atom. The minimum absolute atomic E-state index is 0. The molecule has 8 nitrogen and oxygen atoms in total. The maximum Gasteiger partial charge on any atom is 1.00 e. The molecule has 0 amide bonds. The van der Waals surface area contributed by atoms with Gasteiger partial charge in [0, 0.05) is 88.8 Å². The van der Waals surface area contributed by atoms with E-state index < -0.39 is 14.9 Å². The third-order valence-corrected chi connectivity index (χ3v) is 22.5. The monoisotopic (exact) mass is 943 g/mol. The molecule has 0 aromatic carbocycles. The van der Waals surface area contributed by atoms with E-state index in [0.29, 0.717) is 35.5 Å². The van der Waals surface area contributed by atoms with Crippen molar-refractivity contribution < 1.29 is 90.8 Å². The van der Waals surface area contributed by atoms with Crippen LogP contribution < -0.4 is 37.7 Å². The molecule has 8 rings (SSSR count). The number of nitrogens with zero attached hydrogens (tertiary/aromatic N) is 4. The summed E-state index contributed by atoms with van der Waals surface area (Å²) in [4.78, 5) is 0. The molecule has 4 saturated carbocycles. The van der Waals surface area contributed by atoms with Crippen molar-refractivity contribution in [3.63, 3.8) is 0 Å². The van der Waals surface area contributed by atoms with Crippen LogP contribution in [0.1, 0.15) is 154 Å². The van der Waals surface area contributed by atoms with Crippen LogP contribution in [0.4, 0.5) is 0 Å². The third kappa shape index (κ3) is 16.6. The average molecular weight is 942 g/mol. The fourth-order valence-corrected chi connectivity index (χ4v) is 20.3. The van der Waals surface area contributed by atoms with E-state index in [2.05, 4.69) is 31.5 Å². The fraction of sp³-hybridized carbons (Fsp3) is 0.955. The normalized spacial score (nSPS) is 29.9. The van der Waals surface area contributed by atoms with Crippen molar-refractivity contribution in [3.8, 4) is 0 Å². The first-order chi connectivity index (χ1) is 27.4. The van der Waals surface area contributed by atoms with Crippen molar-refractivity contribution in [2.45, 2.75) is 190 Å². The third-order valence-electron chi connectivity index (χ3n) is 14.2. The van der Waals surface area contributed by atoms with E-state index in [9.17, 15) is 0 Å². The molecule has 336 valence electrons. The van der Waals surface area contributed by atoms with E-state index in [1.165, 1.54) is 154 Å². The molecule has 8 aliphatic rings. The van der Waals surface area contributed by atoms with Crippen molar-refractivity contribution >= 4 is 30.0 Å². The Kier molecular flexibility index (Phi) is 33.9. The molecule has 4 heterocycles. The van der Waals surface area contributed by atoms with Crippen molar-refractivity contribution in [2.24, 2.45) is 0 Å². The van der Waals surface area contributed by atoms with Crippen LogP contribution >= 0.6 is 14.9 Å². The number of hydrogen-bond acceptors (Lipinski definition) is 8. The summed E-state index contributed by atoms with van der Waals surface area (Å²) in [5.41, 5.74) is 1.13. The molecule has 16 heteroatoms. The topological polar surface area (TPSA) is 49.9 Å². The summed E-state index contributed by atoms with van der Waals surface area (Å²) >= 11 is 0. The molecule has 0 bridgehead atoms. The summed E-state index contributed by atoms with van der Waals surface area (Å²) in [7, 11) is 18.4. The van der Waals surface area contributed by atoms with Crippen LogP contribution in [0.15, 0.2) is 0 Å². The zero-order valence-electron chi connectivity index (χ0n) is 39.4. The van der Waals surface area contributed by atoms with E-state index in [4.69, 9.17) is 34.1 Å². The molecule has 0 aromatic heterocycles. The second-order valence-electron chi connectivity index (χ2n) is 18.1. The van der Waals surface area contributed by atoms with Gasteiger partial charge in [0.25, 0.3) is 0 Å². The van der Waals surface area contributed by atoms with Gasteiger partial charge in [-0.2, -0.15) is 31.5 Å². The molecule has 0 spiro atoms. The summed E-state index contributed by atoms with van der Waals surface area (Å²) in [5, 5.41) is 0. The Morgan fingerprint density at radius 2 is 0.633 bits per heavy atom. The van der Waals surface area contributed by atoms with Gasteiger partial charge in [0.2, 0.25) is 0 Å². The van der Waals surface area contributed by atoms with Gasteiger partial charge in [-0.15, -0.1) is 0 Å². The van der Waals surface area contributed by atoms with E-state index in [1.54, 1.807) is 0 Å². The van der Waals surface area contributed by atoms with Crippen LogP contribution in [0.5, 0.6) is 0 Å². The van der Waals surface area contributed by atoms with Gasteiger partial charge in [0.1, 0.15) is 0 Å². The Balaban J connectivity index is 0.000000460. The number of ether oxygens (including phenoxy) is 4. The largest absolute Gasteiger partial charge is 1.00 e. The Morgan fingerprint density at radius 3 is 0.817 bits per heavy atom. The van der Waals surface area contributed by atoms with Crippen LogP contribution in [0, 0.1) is 12.8 Å². The zero-order chi connectivity index (χ0) is 39.6. The second kappa shape index (κ2) is 33.4. The van der Waals surface area contributed by atoms with Crippen LogP contribution in [0.25, 0.3) is 0 Å². The molecule has 0 N–H and O–H groups in total. The number of methoxy groups -OCH3 is 4. The van der Waals surface area contributed by atoms with Crippen molar-refractivity contribution in [3.05, 3.63) is 12.8 Å². The molecular formula is C44H84B2Fe2Li2N4O4P2+2. The minimum Gasteiger partial charge on any atom is -0.383 e. The van der Waals surface area contributed by atoms with Crippen molar-refractivity contribution in [1.82, 2.24) is 18.7 Å². The SMILES string of the molecule is C1CCCC1.C1CCCC1.[B][P+](C1[CH-]CCC1)(N1CCC[C@H]1COC)N1CCC[C@H]1COC.[B][P+](C1[CH-]CCC1)(N1CCC[C@H]1COC)N1CCC[C@H]1COC.[Fe].[Fe].[Li+].[Li+]. The summed E-state index contributed by atoms with van der Waals surface area (Å²) in [6.07, 6.45) is 37.5. The van der Waals surface area contributed by atoms with Gasteiger partial charge < -0.3 is 18.9 Å². The van der Waals surface area contributed by atoms with Gasteiger partial charge in [-0.1, -0.05) is 77.0 Å². The molecule has 4 aliphatic carbocycles.